The Balaban J connectivity index is 4.54. The van der Waals surface area contributed by atoms with Crippen molar-refractivity contribution < 1.29 is 26.9 Å². The van der Waals surface area contributed by atoms with Crippen LogP contribution in [0.1, 0.15) is 66.7 Å². The highest BCUT2D eigenvalue weighted by Crippen LogP contribution is 2.28. The summed E-state index contributed by atoms with van der Waals surface area (Å²) in [7, 11) is -1.01. The third-order valence-corrected chi connectivity index (χ3v) is 5.86. The fourth-order valence-corrected chi connectivity index (χ4v) is 4.16. The molecule has 0 radical (unpaired) electrons. The fourth-order valence-electron chi connectivity index (χ4n) is 3.08. The molecular formula is C18H35NO6S. The molecule has 0 heterocycles. The zero-order valence-corrected chi connectivity index (χ0v) is 18.0. The molecule has 8 heteroatoms. The Morgan fingerprint density at radius 1 is 1.12 bits per heavy atom. The Kier molecular flexibility index (Phi) is 9.98. The molecule has 0 bridgehead atoms. The topological polar surface area (TPSA) is 98.8 Å². The molecule has 0 rings (SSSR count). The van der Waals surface area contributed by atoms with Crippen LogP contribution in [-0.4, -0.2) is 51.2 Å². The van der Waals surface area contributed by atoms with E-state index in [1.165, 1.54) is 6.92 Å². The van der Waals surface area contributed by atoms with Crippen molar-refractivity contribution in [2.45, 2.75) is 77.9 Å². The Morgan fingerprint density at radius 2 is 1.69 bits per heavy atom. The molecule has 0 aliphatic carbocycles. The molecular weight excluding hydrogens is 358 g/mol. The van der Waals surface area contributed by atoms with Gasteiger partial charge in [-0.3, -0.25) is 13.8 Å². The van der Waals surface area contributed by atoms with Gasteiger partial charge in [-0.25, -0.2) is 0 Å². The first-order valence-corrected chi connectivity index (χ1v) is 10.5. The van der Waals surface area contributed by atoms with Gasteiger partial charge < -0.3 is 10.1 Å². The minimum Gasteiger partial charge on any atom is -0.370 e. The van der Waals surface area contributed by atoms with Crippen LogP contribution in [0.3, 0.4) is 0 Å². The summed E-state index contributed by atoms with van der Waals surface area (Å²) < 4.78 is 33.0. The molecule has 0 fully saturated rings. The lowest BCUT2D eigenvalue weighted by Crippen LogP contribution is -2.48. The van der Waals surface area contributed by atoms with E-state index < -0.39 is 21.3 Å². The van der Waals surface area contributed by atoms with Crippen LogP contribution < -0.4 is 5.32 Å². The third kappa shape index (κ3) is 9.09. The van der Waals surface area contributed by atoms with Crippen LogP contribution in [0.15, 0.2) is 0 Å². The van der Waals surface area contributed by atoms with E-state index in [0.717, 1.165) is 7.11 Å². The maximum Gasteiger partial charge on any atom is 0.269 e. The lowest BCUT2D eigenvalue weighted by Gasteiger charge is -2.31. The summed E-state index contributed by atoms with van der Waals surface area (Å²) in [6.07, 6.45) is 2.73. The van der Waals surface area contributed by atoms with E-state index in [2.05, 4.69) is 9.50 Å². The number of amides is 1. The SMILES string of the molecule is COC(CCCCC(=O)NC(C)(C)CS(=O)(=O)OC)(CC(C)C)C(C)=O. The molecule has 0 spiro atoms. The van der Waals surface area contributed by atoms with E-state index in [0.29, 0.717) is 31.6 Å². The predicted octanol–water partition coefficient (Wildman–Crippen LogP) is 2.44. The van der Waals surface area contributed by atoms with Crippen LogP contribution in [0.4, 0.5) is 0 Å². The number of ketones is 1. The van der Waals surface area contributed by atoms with Crippen molar-refractivity contribution in [1.29, 1.82) is 0 Å². The zero-order valence-electron chi connectivity index (χ0n) is 17.2. The van der Waals surface area contributed by atoms with Crippen molar-refractivity contribution in [1.82, 2.24) is 5.32 Å². The number of carbonyl (C=O) groups is 2. The lowest BCUT2D eigenvalue weighted by atomic mass is 9.84. The van der Waals surface area contributed by atoms with E-state index in [9.17, 15) is 18.0 Å². The first-order valence-electron chi connectivity index (χ1n) is 8.94. The van der Waals surface area contributed by atoms with Crippen molar-refractivity contribution >= 4 is 21.8 Å². The van der Waals surface area contributed by atoms with Crippen molar-refractivity contribution in [3.8, 4) is 0 Å². The van der Waals surface area contributed by atoms with Gasteiger partial charge in [-0.2, -0.15) is 8.42 Å². The number of rotatable bonds is 13. The van der Waals surface area contributed by atoms with E-state index in [-0.39, 0.29) is 23.9 Å². The van der Waals surface area contributed by atoms with Gasteiger partial charge in [0.05, 0.1) is 18.4 Å². The summed E-state index contributed by atoms with van der Waals surface area (Å²) in [4.78, 5) is 24.1. The summed E-state index contributed by atoms with van der Waals surface area (Å²) in [6.45, 7) is 8.89. The monoisotopic (exact) mass is 393 g/mol. The summed E-state index contributed by atoms with van der Waals surface area (Å²) in [5.41, 5.74) is -1.71. The van der Waals surface area contributed by atoms with Gasteiger partial charge in [0.25, 0.3) is 10.1 Å². The Bertz CT molecular complexity index is 570. The van der Waals surface area contributed by atoms with Gasteiger partial charge in [-0.1, -0.05) is 13.8 Å². The number of hydrogen-bond donors (Lipinski definition) is 1. The van der Waals surface area contributed by atoms with Crippen molar-refractivity contribution in [2.24, 2.45) is 5.92 Å². The molecule has 0 aliphatic heterocycles. The maximum absolute atomic E-state index is 12.1. The van der Waals surface area contributed by atoms with E-state index >= 15 is 0 Å². The number of ether oxygens (including phenoxy) is 1. The van der Waals surface area contributed by atoms with Crippen LogP contribution in [0.2, 0.25) is 0 Å². The maximum atomic E-state index is 12.1. The van der Waals surface area contributed by atoms with Crippen LogP contribution >= 0.6 is 0 Å². The van der Waals surface area contributed by atoms with Crippen molar-refractivity contribution in [3.05, 3.63) is 0 Å². The number of unbranched alkanes of at least 4 members (excludes halogenated alkanes) is 1. The minimum absolute atomic E-state index is 0.00376. The second kappa shape index (κ2) is 10.4. The van der Waals surface area contributed by atoms with Crippen LogP contribution in [-0.2, 0) is 28.6 Å². The summed E-state index contributed by atoms with van der Waals surface area (Å²) in [6, 6.07) is 0. The molecule has 0 saturated heterocycles. The van der Waals surface area contributed by atoms with Gasteiger partial charge >= 0.3 is 0 Å². The molecule has 1 N–H and O–H groups in total. The van der Waals surface area contributed by atoms with Crippen molar-refractivity contribution in [2.75, 3.05) is 20.0 Å². The third-order valence-electron chi connectivity index (χ3n) is 4.27. The molecule has 0 aromatic carbocycles. The number of hydrogen-bond acceptors (Lipinski definition) is 6. The molecule has 1 amide bonds. The fraction of sp³-hybridized carbons (Fsp3) is 0.889. The summed E-state index contributed by atoms with van der Waals surface area (Å²) in [5.74, 6) is -0.195. The highest BCUT2D eigenvalue weighted by atomic mass is 32.2. The second-order valence-corrected chi connectivity index (χ2v) is 9.60. The summed E-state index contributed by atoms with van der Waals surface area (Å²) in [5, 5.41) is 2.72. The van der Waals surface area contributed by atoms with Gasteiger partial charge in [0.15, 0.2) is 5.78 Å². The Labute approximate surface area is 158 Å². The van der Waals surface area contributed by atoms with Gasteiger partial charge in [-0.15, -0.1) is 0 Å². The van der Waals surface area contributed by atoms with Crippen LogP contribution in [0, 0.1) is 5.92 Å². The van der Waals surface area contributed by atoms with Gasteiger partial charge in [0, 0.05) is 13.5 Å². The second-order valence-electron chi connectivity index (χ2n) is 7.86. The smallest absolute Gasteiger partial charge is 0.269 e. The standard InChI is InChI=1S/C18H35NO6S/c1-14(2)12-18(24-6,15(3)20)11-9-8-10-16(21)19-17(4,5)13-26(22,23)25-7/h14H,8-13H2,1-7H3,(H,19,21). The van der Waals surface area contributed by atoms with E-state index in [4.69, 9.17) is 4.74 Å². The minimum atomic E-state index is -3.66. The van der Waals surface area contributed by atoms with Crippen LogP contribution in [0.25, 0.3) is 0 Å². The highest BCUT2D eigenvalue weighted by molar-refractivity contribution is 7.86. The number of methoxy groups -OCH3 is 1. The van der Waals surface area contributed by atoms with Gasteiger partial charge in [0.2, 0.25) is 5.91 Å². The number of Topliss-reactive ketones (excluding diaryl/α,β-unsaturated/α-hetero) is 1. The normalized spacial score (nSPS) is 14.9. The first-order chi connectivity index (χ1) is 11.8. The molecule has 0 saturated carbocycles. The zero-order chi connectivity index (χ0) is 20.6. The molecule has 0 aromatic rings. The largest absolute Gasteiger partial charge is 0.370 e. The van der Waals surface area contributed by atoms with Gasteiger partial charge in [-0.05, 0) is 52.4 Å². The Hall–Kier alpha value is -0.990. The van der Waals surface area contributed by atoms with Crippen LogP contribution in [0.5, 0.6) is 0 Å². The molecule has 1 atom stereocenters. The number of carbonyl (C=O) groups excluding carboxylic acids is 2. The molecule has 26 heavy (non-hydrogen) atoms. The molecule has 1 unspecified atom stereocenters. The molecule has 7 nitrogen and oxygen atoms in total. The molecule has 154 valence electrons. The van der Waals surface area contributed by atoms with E-state index in [1.807, 2.05) is 13.8 Å². The van der Waals surface area contributed by atoms with E-state index in [1.54, 1.807) is 21.0 Å². The summed E-state index contributed by atoms with van der Waals surface area (Å²) >= 11 is 0. The highest BCUT2D eigenvalue weighted by Gasteiger charge is 2.35. The molecule has 0 aromatic heterocycles. The quantitative estimate of drug-likeness (QED) is 0.381. The Morgan fingerprint density at radius 3 is 2.12 bits per heavy atom. The first kappa shape index (κ1) is 25.0. The van der Waals surface area contributed by atoms with Gasteiger partial charge in [0.1, 0.15) is 5.60 Å². The van der Waals surface area contributed by atoms with Crippen molar-refractivity contribution in [3.63, 3.8) is 0 Å². The molecule has 0 aliphatic rings. The average Bonchev–Trinajstić information content (AvgIpc) is 2.48. The predicted molar refractivity (Wildman–Crippen MR) is 101 cm³/mol. The number of nitrogens with one attached hydrogen (secondary N) is 1. The average molecular weight is 394 g/mol. The lowest BCUT2D eigenvalue weighted by molar-refractivity contribution is -0.142.